The standard InChI is InChI=1S/C17H26BrNO2/c1-12-4-3-5-17(8-12)21-11-16(20)10-19-15-7-13(2)6-14(18)9-15/h6-7,9,12,16-17,19-20H,3-5,8,10-11H2,1-2H3. The Hall–Kier alpha value is -0.580. The van der Waals surface area contributed by atoms with Gasteiger partial charge < -0.3 is 15.2 Å². The van der Waals surface area contributed by atoms with Crippen molar-refractivity contribution < 1.29 is 9.84 Å². The fourth-order valence-corrected chi connectivity index (χ4v) is 3.52. The summed E-state index contributed by atoms with van der Waals surface area (Å²) in [7, 11) is 0. The molecule has 3 atom stereocenters. The number of aryl methyl sites for hydroxylation is 1. The molecule has 21 heavy (non-hydrogen) atoms. The summed E-state index contributed by atoms with van der Waals surface area (Å²) in [6.45, 7) is 5.26. The van der Waals surface area contributed by atoms with E-state index in [1.807, 2.05) is 6.07 Å². The predicted octanol–water partition coefficient (Wildman–Crippen LogP) is 4.13. The highest BCUT2D eigenvalue weighted by Gasteiger charge is 2.20. The lowest BCUT2D eigenvalue weighted by Gasteiger charge is -2.27. The molecule has 0 amide bonds. The Morgan fingerprint density at radius 3 is 2.90 bits per heavy atom. The number of anilines is 1. The molecule has 0 spiro atoms. The molecular weight excluding hydrogens is 330 g/mol. The molecule has 1 saturated carbocycles. The van der Waals surface area contributed by atoms with Crippen molar-refractivity contribution in [2.45, 2.75) is 51.7 Å². The molecule has 2 N–H and O–H groups in total. The SMILES string of the molecule is Cc1cc(Br)cc(NCC(O)COC2CCCC(C)C2)c1. The Morgan fingerprint density at radius 2 is 2.19 bits per heavy atom. The predicted molar refractivity (Wildman–Crippen MR) is 90.7 cm³/mol. The summed E-state index contributed by atoms with van der Waals surface area (Å²) in [4.78, 5) is 0. The fourth-order valence-electron chi connectivity index (χ4n) is 2.91. The molecule has 0 aromatic heterocycles. The molecule has 0 radical (unpaired) electrons. The van der Waals surface area contributed by atoms with Gasteiger partial charge in [0.2, 0.25) is 0 Å². The van der Waals surface area contributed by atoms with Crippen molar-refractivity contribution in [2.24, 2.45) is 5.92 Å². The zero-order chi connectivity index (χ0) is 15.2. The van der Waals surface area contributed by atoms with Crippen LogP contribution in [0, 0.1) is 12.8 Å². The summed E-state index contributed by atoms with van der Waals surface area (Å²) in [6, 6.07) is 6.15. The third-order valence-electron chi connectivity index (χ3n) is 4.00. The van der Waals surface area contributed by atoms with Gasteiger partial charge in [0.15, 0.2) is 0 Å². The molecule has 0 heterocycles. The van der Waals surface area contributed by atoms with Crippen LogP contribution in [0.3, 0.4) is 0 Å². The van der Waals surface area contributed by atoms with Crippen molar-refractivity contribution in [3.05, 3.63) is 28.2 Å². The number of halogens is 1. The molecule has 0 aliphatic heterocycles. The normalized spacial score (nSPS) is 23.8. The van der Waals surface area contributed by atoms with Crippen LogP contribution in [-0.2, 0) is 4.74 Å². The van der Waals surface area contributed by atoms with Crippen LogP contribution in [0.4, 0.5) is 5.69 Å². The number of benzene rings is 1. The van der Waals surface area contributed by atoms with Crippen LogP contribution in [0.1, 0.15) is 38.2 Å². The van der Waals surface area contributed by atoms with Crippen molar-refractivity contribution in [3.8, 4) is 0 Å². The van der Waals surface area contributed by atoms with Crippen LogP contribution in [0.15, 0.2) is 22.7 Å². The van der Waals surface area contributed by atoms with E-state index < -0.39 is 6.10 Å². The Bertz CT molecular complexity index is 432. The molecule has 1 aromatic rings. The van der Waals surface area contributed by atoms with Crippen LogP contribution in [-0.4, -0.2) is 30.5 Å². The van der Waals surface area contributed by atoms with Crippen LogP contribution in [0.5, 0.6) is 0 Å². The van der Waals surface area contributed by atoms with Gasteiger partial charge in [-0.1, -0.05) is 35.7 Å². The van der Waals surface area contributed by atoms with Crippen LogP contribution in [0.2, 0.25) is 0 Å². The summed E-state index contributed by atoms with van der Waals surface area (Å²) in [6.07, 6.45) is 4.68. The Morgan fingerprint density at radius 1 is 1.38 bits per heavy atom. The summed E-state index contributed by atoms with van der Waals surface area (Å²) < 4.78 is 6.90. The number of ether oxygens (including phenoxy) is 1. The molecular formula is C17H26BrNO2. The van der Waals surface area contributed by atoms with Gasteiger partial charge in [-0.2, -0.15) is 0 Å². The van der Waals surface area contributed by atoms with E-state index in [1.54, 1.807) is 0 Å². The molecule has 2 rings (SSSR count). The lowest BCUT2D eigenvalue weighted by Crippen LogP contribution is -2.30. The maximum atomic E-state index is 10.0. The van der Waals surface area contributed by atoms with Gasteiger partial charge in [-0.25, -0.2) is 0 Å². The minimum Gasteiger partial charge on any atom is -0.389 e. The summed E-state index contributed by atoms with van der Waals surface area (Å²) in [5, 5.41) is 13.3. The number of nitrogens with one attached hydrogen (secondary N) is 1. The zero-order valence-electron chi connectivity index (χ0n) is 12.9. The molecule has 3 unspecified atom stereocenters. The topological polar surface area (TPSA) is 41.5 Å². The van der Waals surface area contributed by atoms with E-state index in [-0.39, 0.29) is 0 Å². The van der Waals surface area contributed by atoms with Crippen molar-refractivity contribution in [1.82, 2.24) is 0 Å². The van der Waals surface area contributed by atoms with Crippen molar-refractivity contribution in [2.75, 3.05) is 18.5 Å². The monoisotopic (exact) mass is 355 g/mol. The number of hydrogen-bond acceptors (Lipinski definition) is 3. The molecule has 4 heteroatoms. The first-order valence-corrected chi connectivity index (χ1v) is 8.63. The highest BCUT2D eigenvalue weighted by atomic mass is 79.9. The Balaban J connectivity index is 1.70. The van der Waals surface area contributed by atoms with Gasteiger partial charge in [0.25, 0.3) is 0 Å². The lowest BCUT2D eigenvalue weighted by molar-refractivity contribution is -0.0274. The van der Waals surface area contributed by atoms with Crippen molar-refractivity contribution in [1.29, 1.82) is 0 Å². The largest absolute Gasteiger partial charge is 0.389 e. The zero-order valence-corrected chi connectivity index (χ0v) is 14.5. The summed E-state index contributed by atoms with van der Waals surface area (Å²) >= 11 is 3.48. The van der Waals surface area contributed by atoms with E-state index in [0.29, 0.717) is 19.3 Å². The third kappa shape index (κ3) is 5.97. The quantitative estimate of drug-likeness (QED) is 0.806. The fraction of sp³-hybridized carbons (Fsp3) is 0.647. The average molecular weight is 356 g/mol. The lowest BCUT2D eigenvalue weighted by atomic mass is 9.89. The highest BCUT2D eigenvalue weighted by Crippen LogP contribution is 2.25. The van der Waals surface area contributed by atoms with Gasteiger partial charge in [0, 0.05) is 16.7 Å². The van der Waals surface area contributed by atoms with Crippen LogP contribution >= 0.6 is 15.9 Å². The van der Waals surface area contributed by atoms with Crippen molar-refractivity contribution >= 4 is 21.6 Å². The first-order chi connectivity index (χ1) is 10.0. The smallest absolute Gasteiger partial charge is 0.0945 e. The van der Waals surface area contributed by atoms with Crippen LogP contribution in [0.25, 0.3) is 0 Å². The molecule has 1 aliphatic rings. The first kappa shape index (κ1) is 16.8. The minimum atomic E-state index is -0.471. The highest BCUT2D eigenvalue weighted by molar-refractivity contribution is 9.10. The number of hydrogen-bond donors (Lipinski definition) is 2. The molecule has 1 aromatic carbocycles. The van der Waals surface area contributed by atoms with E-state index in [0.717, 1.165) is 28.9 Å². The second-order valence-corrected chi connectivity index (χ2v) is 7.19. The minimum absolute atomic E-state index is 0.330. The van der Waals surface area contributed by atoms with E-state index >= 15 is 0 Å². The molecule has 1 fully saturated rings. The average Bonchev–Trinajstić information content (AvgIpc) is 2.42. The number of aliphatic hydroxyl groups is 1. The summed E-state index contributed by atoms with van der Waals surface area (Å²) in [5.41, 5.74) is 2.21. The van der Waals surface area contributed by atoms with Gasteiger partial charge in [0.1, 0.15) is 0 Å². The number of rotatable bonds is 6. The molecule has 3 nitrogen and oxygen atoms in total. The van der Waals surface area contributed by atoms with Gasteiger partial charge in [-0.3, -0.25) is 0 Å². The van der Waals surface area contributed by atoms with Gasteiger partial charge in [0.05, 0.1) is 18.8 Å². The van der Waals surface area contributed by atoms with E-state index in [4.69, 9.17) is 4.74 Å². The number of aliphatic hydroxyl groups excluding tert-OH is 1. The third-order valence-corrected chi connectivity index (χ3v) is 4.45. The molecule has 1 aliphatic carbocycles. The Labute approximate surface area is 136 Å². The van der Waals surface area contributed by atoms with Gasteiger partial charge in [-0.05, 0) is 49.4 Å². The Kier molecular flexibility index (Phi) is 6.52. The molecule has 0 bridgehead atoms. The van der Waals surface area contributed by atoms with Gasteiger partial charge in [-0.15, -0.1) is 0 Å². The maximum absolute atomic E-state index is 10.0. The van der Waals surface area contributed by atoms with E-state index in [1.165, 1.54) is 18.4 Å². The molecule has 118 valence electrons. The van der Waals surface area contributed by atoms with Crippen LogP contribution < -0.4 is 5.32 Å². The second kappa shape index (κ2) is 8.16. The first-order valence-electron chi connectivity index (χ1n) is 7.83. The van der Waals surface area contributed by atoms with E-state index in [9.17, 15) is 5.11 Å². The van der Waals surface area contributed by atoms with Gasteiger partial charge >= 0.3 is 0 Å². The van der Waals surface area contributed by atoms with Crippen molar-refractivity contribution in [3.63, 3.8) is 0 Å². The van der Waals surface area contributed by atoms with E-state index in [2.05, 4.69) is 47.2 Å². The summed E-state index contributed by atoms with van der Waals surface area (Å²) in [5.74, 6) is 0.753. The second-order valence-electron chi connectivity index (χ2n) is 6.28. The molecule has 0 saturated heterocycles. The maximum Gasteiger partial charge on any atom is 0.0945 e.